The highest BCUT2D eigenvalue weighted by Crippen LogP contribution is 2.56. The lowest BCUT2D eigenvalue weighted by molar-refractivity contribution is -0.133. The fourth-order valence-electron chi connectivity index (χ4n) is 5.11. The van der Waals surface area contributed by atoms with Gasteiger partial charge in [-0.25, -0.2) is 11.8 Å². The second kappa shape index (κ2) is 28.6. The van der Waals surface area contributed by atoms with Gasteiger partial charge >= 0.3 is 7.60 Å². The maximum absolute atomic E-state index is 13.4. The largest absolute Gasteiger partial charge is 0.394 e. The Bertz CT molecular complexity index is 1190. The highest BCUT2D eigenvalue weighted by Gasteiger charge is 2.40. The van der Waals surface area contributed by atoms with Crippen LogP contribution in [0, 0.1) is 5.92 Å². The Morgan fingerprint density at radius 1 is 0.691 bits per heavy atom. The summed E-state index contributed by atoms with van der Waals surface area (Å²) >= 11 is 0. The first-order valence-electron chi connectivity index (χ1n) is 18.6. The van der Waals surface area contributed by atoms with E-state index in [-0.39, 0.29) is 111 Å². The third-order valence-electron chi connectivity index (χ3n) is 8.38. The molecule has 0 aromatic heterocycles. The molecule has 0 aliphatic heterocycles. The van der Waals surface area contributed by atoms with Crippen molar-refractivity contribution in [3.63, 3.8) is 0 Å². The molecular weight excluding hydrogens is 749 g/mol. The van der Waals surface area contributed by atoms with E-state index in [1.54, 1.807) is 20.8 Å². The lowest BCUT2D eigenvalue weighted by Crippen LogP contribution is -2.51. The summed E-state index contributed by atoms with van der Waals surface area (Å²) in [6, 6.07) is -2.24. The molecule has 22 heteroatoms. The van der Waals surface area contributed by atoms with Gasteiger partial charge in [0.1, 0.15) is 12.1 Å². The van der Waals surface area contributed by atoms with Crippen molar-refractivity contribution in [2.45, 2.75) is 95.5 Å². The van der Waals surface area contributed by atoms with Gasteiger partial charge in [0.05, 0.1) is 70.7 Å². The maximum atomic E-state index is 13.4. The van der Waals surface area contributed by atoms with Crippen LogP contribution in [0.25, 0.3) is 0 Å². The molecule has 1 saturated carbocycles. The number of nitrogens with two attached hydrogens (primary N) is 2. The van der Waals surface area contributed by atoms with Gasteiger partial charge in [-0.2, -0.15) is 0 Å². The van der Waals surface area contributed by atoms with Crippen molar-refractivity contribution in [1.29, 1.82) is 0 Å². The predicted molar refractivity (Wildman–Crippen MR) is 198 cm³/mol. The summed E-state index contributed by atoms with van der Waals surface area (Å²) in [5.74, 6) is 6.93. The zero-order valence-corrected chi connectivity index (χ0v) is 33.2. The van der Waals surface area contributed by atoms with Crippen LogP contribution in [0.1, 0.15) is 72.1 Å². The molecule has 11 N–H and O–H groups in total. The molecule has 55 heavy (non-hydrogen) atoms. The smallest absolute Gasteiger partial charge is 0.333 e. The molecule has 0 bridgehead atoms. The molecule has 320 valence electrons. The Labute approximate surface area is 322 Å². The van der Waals surface area contributed by atoms with Crippen LogP contribution in [0.5, 0.6) is 0 Å². The molecule has 3 unspecified atom stereocenters. The number of aliphatic hydroxyl groups excluding tert-OH is 1. The molecule has 3 atom stereocenters. The first-order chi connectivity index (χ1) is 26.1. The summed E-state index contributed by atoms with van der Waals surface area (Å²) in [4.78, 5) is 84.5. The van der Waals surface area contributed by atoms with Crippen LogP contribution < -0.4 is 38.4 Å². The van der Waals surface area contributed by atoms with Crippen LogP contribution in [0.2, 0.25) is 0 Å². The molecule has 1 rings (SSSR count). The third kappa shape index (κ3) is 22.5. The molecule has 0 aromatic rings. The highest BCUT2D eigenvalue weighted by molar-refractivity contribution is 7.54. The number of carbonyl (C=O) groups is 5. The summed E-state index contributed by atoms with van der Waals surface area (Å²) in [5, 5.41) is 21.2. The fraction of sp³-hybridized carbons (Fsp3) is 0.848. The van der Waals surface area contributed by atoms with Gasteiger partial charge in [-0.3, -0.25) is 28.5 Å². The number of hydrogen-bond acceptors (Lipinski definition) is 15. The number of ether oxygens (including phenoxy) is 3. The normalized spacial score (nSPS) is 18.0. The molecule has 0 saturated heterocycles. The molecule has 0 aromatic carbocycles. The van der Waals surface area contributed by atoms with Crippen LogP contribution in [0.4, 0.5) is 0 Å². The van der Waals surface area contributed by atoms with E-state index in [2.05, 4.69) is 36.3 Å². The lowest BCUT2D eigenvalue weighted by Gasteiger charge is -2.33. The summed E-state index contributed by atoms with van der Waals surface area (Å²) in [6.07, 6.45) is 0.424. The predicted octanol–water partition coefficient (Wildman–Crippen LogP) is -1.75. The van der Waals surface area contributed by atoms with Crippen molar-refractivity contribution in [2.24, 2.45) is 17.7 Å². The first kappa shape index (κ1) is 50.2. The van der Waals surface area contributed by atoms with Gasteiger partial charge in [-0.15, -0.1) is 0 Å². The maximum Gasteiger partial charge on any atom is 0.333 e. The first-order valence-corrected chi connectivity index (χ1v) is 20.1. The minimum Gasteiger partial charge on any atom is -0.394 e. The monoisotopic (exact) mass is 813 g/mol. The van der Waals surface area contributed by atoms with Crippen molar-refractivity contribution in [3.8, 4) is 0 Å². The van der Waals surface area contributed by atoms with Crippen LogP contribution in [0.15, 0.2) is 0 Å². The Kier molecular flexibility index (Phi) is 26.1. The number of amides is 5. The Hall–Kier alpha value is -2.82. The van der Waals surface area contributed by atoms with Gasteiger partial charge in [-0.05, 0) is 59.3 Å². The standard InChI is InChI=1S/C33H64N7O14P/c1-33(2,3)55(47,48)54-25-6-4-24(5-7-25)30(44)40-27(32(46)38-14-18-51-21-23-53-35)9-11-29(43)39-26(31(45)37-13-17-50-20-22-52-34)8-10-28(42)36-12-16-49-19-15-41/h24-27,41H,4-23,34-35H2,1-3H3,(H,36,42)(H,37,45)(H,38,46)(H,39,43)(H,40,44)(H,47,48). The van der Waals surface area contributed by atoms with Crippen LogP contribution in [0.3, 0.4) is 0 Å². The Morgan fingerprint density at radius 3 is 1.65 bits per heavy atom. The highest BCUT2D eigenvalue weighted by atomic mass is 31.2. The van der Waals surface area contributed by atoms with Gasteiger partial charge in [0, 0.05) is 38.4 Å². The minimum atomic E-state index is -3.89. The molecule has 0 heterocycles. The summed E-state index contributed by atoms with van der Waals surface area (Å²) in [5.41, 5.74) is 0. The Balaban J connectivity index is 2.90. The van der Waals surface area contributed by atoms with Crippen molar-refractivity contribution in [1.82, 2.24) is 26.6 Å². The minimum absolute atomic E-state index is 0.0491. The molecule has 1 aliphatic carbocycles. The third-order valence-corrected chi connectivity index (χ3v) is 10.7. The van der Waals surface area contributed by atoms with Crippen molar-refractivity contribution in [2.75, 3.05) is 79.1 Å². The van der Waals surface area contributed by atoms with Crippen molar-refractivity contribution >= 4 is 37.1 Å². The van der Waals surface area contributed by atoms with Gasteiger partial charge in [0.2, 0.25) is 29.5 Å². The van der Waals surface area contributed by atoms with E-state index in [9.17, 15) is 33.4 Å². The van der Waals surface area contributed by atoms with Crippen molar-refractivity contribution < 1.29 is 66.9 Å². The van der Waals surface area contributed by atoms with E-state index in [0.717, 1.165) is 0 Å². The summed E-state index contributed by atoms with van der Waals surface area (Å²) in [6.45, 7) is 6.40. The quantitative estimate of drug-likeness (QED) is 0.0221. The van der Waals surface area contributed by atoms with Crippen LogP contribution >= 0.6 is 7.60 Å². The van der Waals surface area contributed by atoms with Gasteiger partial charge in [0.15, 0.2) is 0 Å². The second-order valence-electron chi connectivity index (χ2n) is 13.8. The zero-order chi connectivity index (χ0) is 41.1. The number of rotatable bonds is 30. The number of nitrogens with one attached hydrogen (secondary N) is 5. The van der Waals surface area contributed by atoms with E-state index in [1.165, 1.54) is 0 Å². The summed E-state index contributed by atoms with van der Waals surface area (Å²) in [7, 11) is -3.89. The molecular formula is C33H64N7O14P. The van der Waals surface area contributed by atoms with E-state index in [1.807, 2.05) is 0 Å². The fourth-order valence-corrected chi connectivity index (χ4v) is 6.04. The molecule has 21 nitrogen and oxygen atoms in total. The average Bonchev–Trinajstić information content (AvgIpc) is 3.13. The van der Waals surface area contributed by atoms with E-state index < -0.39 is 60.5 Å². The average molecular weight is 814 g/mol. The molecule has 1 fully saturated rings. The molecule has 0 spiro atoms. The number of carbonyl (C=O) groups excluding carboxylic acids is 5. The van der Waals surface area contributed by atoms with Crippen LogP contribution in [-0.4, -0.2) is 142 Å². The van der Waals surface area contributed by atoms with E-state index >= 15 is 0 Å². The molecule has 0 radical (unpaired) electrons. The molecule has 1 aliphatic rings. The van der Waals surface area contributed by atoms with Crippen LogP contribution in [-0.2, 0) is 56.9 Å². The van der Waals surface area contributed by atoms with Gasteiger partial charge in [0.25, 0.3) is 0 Å². The zero-order valence-electron chi connectivity index (χ0n) is 32.3. The topological polar surface area (TPSA) is 310 Å². The Morgan fingerprint density at radius 2 is 1.16 bits per heavy atom. The summed E-state index contributed by atoms with van der Waals surface area (Å²) < 4.78 is 33.9. The SMILES string of the molecule is CC(C)(C)P(=O)(O)OC1CCC(C(=O)NC(CCC(=O)NC(CCC(=O)NCCOCCO)C(=O)NCCOCCON)C(=O)NCCOCCON)CC1. The number of aliphatic hydroxyl groups is 1. The molecule has 5 amide bonds. The number of hydrogen-bond donors (Lipinski definition) is 9. The van der Waals surface area contributed by atoms with Gasteiger partial charge < -0.3 is 65.0 Å². The van der Waals surface area contributed by atoms with Crippen molar-refractivity contribution in [3.05, 3.63) is 0 Å². The lowest BCUT2D eigenvalue weighted by atomic mass is 9.86. The van der Waals surface area contributed by atoms with E-state index in [4.69, 9.17) is 35.6 Å². The van der Waals surface area contributed by atoms with E-state index in [0.29, 0.717) is 25.7 Å². The second-order valence-corrected chi connectivity index (χ2v) is 16.4. The van der Waals surface area contributed by atoms with Gasteiger partial charge in [-0.1, -0.05) is 0 Å².